The van der Waals surface area contributed by atoms with Crippen LogP contribution in [0.3, 0.4) is 0 Å². The summed E-state index contributed by atoms with van der Waals surface area (Å²) in [5.41, 5.74) is 0. The molecule has 5 nitrogen and oxygen atoms in total. The van der Waals surface area contributed by atoms with Crippen molar-refractivity contribution in [3.63, 3.8) is 0 Å². The summed E-state index contributed by atoms with van der Waals surface area (Å²) < 4.78 is 4.87. The zero-order chi connectivity index (χ0) is 15.8. The van der Waals surface area contributed by atoms with E-state index >= 15 is 0 Å². The number of unbranched alkanes of at least 4 members (excludes halogenated alkanes) is 3. The third-order valence-corrected chi connectivity index (χ3v) is 4.21. The van der Waals surface area contributed by atoms with Crippen molar-refractivity contribution in [3.8, 4) is 0 Å². The van der Waals surface area contributed by atoms with Crippen LogP contribution in [0.15, 0.2) is 0 Å². The van der Waals surface area contributed by atoms with Gasteiger partial charge in [0.05, 0.1) is 7.11 Å². The van der Waals surface area contributed by atoms with Crippen LogP contribution in [0.25, 0.3) is 0 Å². The molecule has 1 heterocycles. The molecular formula is C16H33N3O2. The molecule has 0 aliphatic carbocycles. The lowest BCUT2D eigenvalue weighted by atomic mass is 10.1. The van der Waals surface area contributed by atoms with Gasteiger partial charge in [0.25, 0.3) is 0 Å². The number of methoxy groups -OCH3 is 1. The monoisotopic (exact) mass is 299 g/mol. The third-order valence-electron chi connectivity index (χ3n) is 4.21. The predicted octanol–water partition coefficient (Wildman–Crippen LogP) is 2.27. The minimum absolute atomic E-state index is 0.196. The van der Waals surface area contributed by atoms with E-state index < -0.39 is 0 Å². The van der Waals surface area contributed by atoms with Crippen molar-refractivity contribution in [1.29, 1.82) is 0 Å². The van der Waals surface area contributed by atoms with Crippen molar-refractivity contribution in [3.05, 3.63) is 0 Å². The Bertz CT molecular complexity index is 298. The van der Waals surface area contributed by atoms with E-state index in [1.807, 2.05) is 4.90 Å². The molecule has 1 aliphatic heterocycles. The minimum Gasteiger partial charge on any atom is -0.453 e. The largest absolute Gasteiger partial charge is 0.453 e. The number of hydrogen-bond donors (Lipinski definition) is 0. The van der Waals surface area contributed by atoms with Crippen LogP contribution in [-0.2, 0) is 4.74 Å². The van der Waals surface area contributed by atoms with Crippen LogP contribution in [0.1, 0.15) is 39.5 Å². The van der Waals surface area contributed by atoms with Crippen molar-refractivity contribution in [2.45, 2.75) is 51.6 Å². The maximum absolute atomic E-state index is 11.8. The molecule has 0 aromatic carbocycles. The Morgan fingerprint density at radius 3 is 2.19 bits per heavy atom. The van der Waals surface area contributed by atoms with E-state index in [1.165, 1.54) is 39.3 Å². The van der Waals surface area contributed by atoms with Gasteiger partial charge in [-0.1, -0.05) is 12.8 Å². The summed E-state index contributed by atoms with van der Waals surface area (Å²) in [7, 11) is 5.72. The molecule has 0 spiro atoms. The summed E-state index contributed by atoms with van der Waals surface area (Å²) in [6, 6.07) is 0.463. The molecule has 1 fully saturated rings. The highest BCUT2D eigenvalue weighted by Gasteiger charge is 2.32. The van der Waals surface area contributed by atoms with E-state index in [0.29, 0.717) is 0 Å². The summed E-state index contributed by atoms with van der Waals surface area (Å²) in [5, 5.41) is 0. The Labute approximate surface area is 130 Å². The minimum atomic E-state index is -0.196. The van der Waals surface area contributed by atoms with Crippen LogP contribution in [0.4, 0.5) is 4.79 Å². The highest BCUT2D eigenvalue weighted by Crippen LogP contribution is 2.17. The molecule has 21 heavy (non-hydrogen) atoms. The smallest absolute Gasteiger partial charge is 0.410 e. The fourth-order valence-electron chi connectivity index (χ4n) is 3.20. The van der Waals surface area contributed by atoms with Gasteiger partial charge in [-0.05, 0) is 53.9 Å². The molecule has 1 amide bonds. The van der Waals surface area contributed by atoms with Crippen molar-refractivity contribution in [2.24, 2.45) is 0 Å². The van der Waals surface area contributed by atoms with E-state index in [9.17, 15) is 4.79 Å². The molecule has 0 saturated carbocycles. The average Bonchev–Trinajstić information content (AvgIpc) is 2.41. The third kappa shape index (κ3) is 6.22. The maximum atomic E-state index is 11.8. The number of rotatable bonds is 7. The van der Waals surface area contributed by atoms with Crippen LogP contribution in [0, 0.1) is 0 Å². The van der Waals surface area contributed by atoms with E-state index in [-0.39, 0.29) is 18.2 Å². The summed E-state index contributed by atoms with van der Waals surface area (Å²) in [6.45, 7) is 8.46. The number of carbonyl (C=O) groups is 1. The van der Waals surface area contributed by atoms with Crippen molar-refractivity contribution < 1.29 is 9.53 Å². The van der Waals surface area contributed by atoms with Gasteiger partial charge in [-0.2, -0.15) is 0 Å². The van der Waals surface area contributed by atoms with E-state index in [2.05, 4.69) is 37.7 Å². The number of ether oxygens (including phenoxy) is 1. The van der Waals surface area contributed by atoms with Crippen molar-refractivity contribution in [1.82, 2.24) is 14.7 Å². The first-order valence-electron chi connectivity index (χ1n) is 8.19. The SMILES string of the molecule is COC(=O)N1C(C)CN(CCCCCCN(C)C)CC1C. The fraction of sp³-hybridized carbons (Fsp3) is 0.938. The zero-order valence-electron chi connectivity index (χ0n) is 14.5. The van der Waals surface area contributed by atoms with Gasteiger partial charge in [-0.25, -0.2) is 4.79 Å². The molecule has 0 N–H and O–H groups in total. The maximum Gasteiger partial charge on any atom is 0.410 e. The van der Waals surface area contributed by atoms with E-state index in [4.69, 9.17) is 4.74 Å². The number of hydrogen-bond acceptors (Lipinski definition) is 4. The van der Waals surface area contributed by atoms with Crippen LogP contribution >= 0.6 is 0 Å². The number of nitrogens with zero attached hydrogens (tertiary/aromatic N) is 3. The average molecular weight is 299 g/mol. The van der Waals surface area contributed by atoms with Gasteiger partial charge in [0.1, 0.15) is 0 Å². The topological polar surface area (TPSA) is 36.0 Å². The van der Waals surface area contributed by atoms with Gasteiger partial charge in [0, 0.05) is 25.2 Å². The molecule has 1 saturated heterocycles. The molecule has 124 valence electrons. The van der Waals surface area contributed by atoms with E-state index in [1.54, 1.807) is 0 Å². The van der Waals surface area contributed by atoms with Gasteiger partial charge in [0.2, 0.25) is 0 Å². The van der Waals surface area contributed by atoms with Crippen LogP contribution < -0.4 is 0 Å². The molecule has 1 aliphatic rings. The fourth-order valence-corrected chi connectivity index (χ4v) is 3.20. The molecular weight excluding hydrogens is 266 g/mol. The number of piperazine rings is 1. The molecule has 0 radical (unpaired) electrons. The first kappa shape index (κ1) is 18.2. The van der Waals surface area contributed by atoms with Gasteiger partial charge >= 0.3 is 6.09 Å². The second-order valence-corrected chi connectivity index (χ2v) is 6.55. The standard InChI is InChI=1S/C16H33N3O2/c1-14-12-18(11-9-7-6-8-10-17(3)4)13-15(2)19(14)16(20)21-5/h14-15H,6-13H2,1-5H3. The normalized spacial score (nSPS) is 23.6. The molecule has 1 rings (SSSR count). The van der Waals surface area contributed by atoms with Gasteiger partial charge in [0.15, 0.2) is 0 Å². The Hall–Kier alpha value is -0.810. The molecule has 0 aromatic heterocycles. The molecule has 2 atom stereocenters. The lowest BCUT2D eigenvalue weighted by Crippen LogP contribution is -2.58. The van der Waals surface area contributed by atoms with Gasteiger partial charge in [-0.15, -0.1) is 0 Å². The second-order valence-electron chi connectivity index (χ2n) is 6.55. The lowest BCUT2D eigenvalue weighted by molar-refractivity contribution is 0.0321. The highest BCUT2D eigenvalue weighted by atomic mass is 16.5. The second kappa shape index (κ2) is 9.26. The van der Waals surface area contributed by atoms with Gasteiger partial charge in [-0.3, -0.25) is 4.90 Å². The predicted molar refractivity (Wildman–Crippen MR) is 86.6 cm³/mol. The van der Waals surface area contributed by atoms with Crippen molar-refractivity contribution in [2.75, 3.05) is 47.4 Å². The number of carbonyl (C=O) groups excluding carboxylic acids is 1. The summed E-state index contributed by atoms with van der Waals surface area (Å²) in [6.07, 6.45) is 4.96. The summed E-state index contributed by atoms with van der Waals surface area (Å²) >= 11 is 0. The van der Waals surface area contributed by atoms with Crippen LogP contribution in [-0.4, -0.2) is 80.3 Å². The van der Waals surface area contributed by atoms with Gasteiger partial charge < -0.3 is 14.5 Å². The molecule has 5 heteroatoms. The summed E-state index contributed by atoms with van der Waals surface area (Å²) in [4.78, 5) is 18.4. The van der Waals surface area contributed by atoms with Crippen LogP contribution in [0.5, 0.6) is 0 Å². The first-order valence-corrected chi connectivity index (χ1v) is 8.19. The lowest BCUT2D eigenvalue weighted by Gasteiger charge is -2.43. The number of amides is 1. The van der Waals surface area contributed by atoms with Crippen molar-refractivity contribution >= 4 is 6.09 Å². The van der Waals surface area contributed by atoms with Crippen LogP contribution in [0.2, 0.25) is 0 Å². The molecule has 0 aromatic rings. The zero-order valence-corrected chi connectivity index (χ0v) is 14.5. The Kier molecular flexibility index (Phi) is 8.04. The Balaban J connectivity index is 2.22. The Morgan fingerprint density at radius 1 is 1.10 bits per heavy atom. The molecule has 2 unspecified atom stereocenters. The molecule has 0 bridgehead atoms. The summed E-state index contributed by atoms with van der Waals surface area (Å²) in [5.74, 6) is 0. The quantitative estimate of drug-likeness (QED) is 0.676. The highest BCUT2D eigenvalue weighted by molar-refractivity contribution is 5.68. The Morgan fingerprint density at radius 2 is 1.67 bits per heavy atom. The van der Waals surface area contributed by atoms with E-state index in [0.717, 1.165) is 19.6 Å². The first-order chi connectivity index (χ1) is 9.95.